The average molecular weight is 271 g/mol. The van der Waals surface area contributed by atoms with Crippen LogP contribution in [0.15, 0.2) is 48.5 Å². The minimum Gasteiger partial charge on any atom is -0.493 e. The maximum Gasteiger partial charge on any atom is 0.343 e. The van der Waals surface area contributed by atoms with Crippen LogP contribution in [0.4, 0.5) is 0 Å². The van der Waals surface area contributed by atoms with Gasteiger partial charge in [-0.05, 0) is 42.8 Å². The van der Waals surface area contributed by atoms with Crippen molar-refractivity contribution in [3.05, 3.63) is 59.7 Å². The quantitative estimate of drug-likeness (QED) is 0.670. The highest BCUT2D eigenvalue weighted by atomic mass is 16.6. The smallest absolute Gasteiger partial charge is 0.343 e. The molecule has 0 fully saturated rings. The lowest BCUT2D eigenvalue weighted by molar-refractivity contribution is 0.0729. The van der Waals surface area contributed by atoms with Crippen molar-refractivity contribution in [3.63, 3.8) is 0 Å². The highest BCUT2D eigenvalue weighted by Crippen LogP contribution is 2.28. The molecule has 0 aliphatic rings. The van der Waals surface area contributed by atoms with Gasteiger partial charge in [0.25, 0.3) is 0 Å². The molecule has 0 radical (unpaired) electrons. The lowest BCUT2D eigenvalue weighted by atomic mass is 10.1. The van der Waals surface area contributed by atoms with Gasteiger partial charge in [0.1, 0.15) is 0 Å². The van der Waals surface area contributed by atoms with Crippen LogP contribution in [0.1, 0.15) is 15.9 Å². The molecular weight excluding hydrogens is 254 g/mol. The fourth-order valence-electron chi connectivity index (χ4n) is 1.85. The number of benzene rings is 2. The molecule has 0 amide bonds. The van der Waals surface area contributed by atoms with Gasteiger partial charge in [-0.3, -0.25) is 0 Å². The zero-order valence-corrected chi connectivity index (χ0v) is 11.3. The van der Waals surface area contributed by atoms with Crippen molar-refractivity contribution in [2.24, 2.45) is 5.73 Å². The van der Waals surface area contributed by atoms with Gasteiger partial charge in [0.2, 0.25) is 0 Å². The molecule has 0 aliphatic heterocycles. The summed E-state index contributed by atoms with van der Waals surface area (Å²) in [5.74, 6) is 0.526. The van der Waals surface area contributed by atoms with Crippen molar-refractivity contribution in [1.29, 1.82) is 0 Å². The summed E-state index contributed by atoms with van der Waals surface area (Å²) in [6, 6.07) is 14.3. The molecular formula is C16H17NO3. The third-order valence-corrected chi connectivity index (χ3v) is 2.87. The number of esters is 1. The highest BCUT2D eigenvalue weighted by Gasteiger charge is 2.12. The first-order valence-corrected chi connectivity index (χ1v) is 6.39. The van der Waals surface area contributed by atoms with Crippen LogP contribution >= 0.6 is 0 Å². The van der Waals surface area contributed by atoms with Crippen molar-refractivity contribution in [1.82, 2.24) is 0 Å². The molecule has 0 unspecified atom stereocenters. The van der Waals surface area contributed by atoms with Gasteiger partial charge in [0.05, 0.1) is 12.7 Å². The Hall–Kier alpha value is -2.33. The van der Waals surface area contributed by atoms with E-state index >= 15 is 0 Å². The molecule has 0 saturated heterocycles. The summed E-state index contributed by atoms with van der Waals surface area (Å²) in [6.45, 7) is 0.562. The maximum absolute atomic E-state index is 12.0. The van der Waals surface area contributed by atoms with Gasteiger partial charge >= 0.3 is 5.97 Å². The third-order valence-electron chi connectivity index (χ3n) is 2.87. The summed E-state index contributed by atoms with van der Waals surface area (Å²) in [5, 5.41) is 0. The number of carbonyl (C=O) groups is 1. The number of hydrogen-bond donors (Lipinski definition) is 1. The van der Waals surface area contributed by atoms with Gasteiger partial charge in [-0.15, -0.1) is 0 Å². The van der Waals surface area contributed by atoms with Crippen molar-refractivity contribution in [2.75, 3.05) is 13.7 Å². The monoisotopic (exact) mass is 271 g/mol. The average Bonchev–Trinajstić information content (AvgIpc) is 2.50. The van der Waals surface area contributed by atoms with Gasteiger partial charge < -0.3 is 15.2 Å². The molecule has 0 atom stereocenters. The Labute approximate surface area is 118 Å². The first-order chi connectivity index (χ1) is 9.74. The Morgan fingerprint density at radius 2 is 1.85 bits per heavy atom. The van der Waals surface area contributed by atoms with Crippen LogP contribution in [0.3, 0.4) is 0 Å². The van der Waals surface area contributed by atoms with Crippen LogP contribution in [-0.4, -0.2) is 19.6 Å². The standard InChI is InChI=1S/C16H17NO3/c1-19-15-11-12(9-10-17)7-8-14(15)20-16(18)13-5-3-2-4-6-13/h2-8,11H,9-10,17H2,1H3. The second-order valence-electron chi connectivity index (χ2n) is 4.28. The second-order valence-corrected chi connectivity index (χ2v) is 4.28. The van der Waals surface area contributed by atoms with Crippen LogP contribution in [0, 0.1) is 0 Å². The zero-order chi connectivity index (χ0) is 14.4. The van der Waals surface area contributed by atoms with E-state index in [1.165, 1.54) is 0 Å². The van der Waals surface area contributed by atoms with E-state index in [-0.39, 0.29) is 0 Å². The van der Waals surface area contributed by atoms with E-state index in [0.717, 1.165) is 12.0 Å². The minimum absolute atomic E-state index is 0.405. The SMILES string of the molecule is COc1cc(CCN)ccc1OC(=O)c1ccccc1. The van der Waals surface area contributed by atoms with Crippen LogP contribution in [-0.2, 0) is 6.42 Å². The molecule has 2 rings (SSSR count). The molecule has 20 heavy (non-hydrogen) atoms. The Balaban J connectivity index is 2.18. The fourth-order valence-corrected chi connectivity index (χ4v) is 1.85. The highest BCUT2D eigenvalue weighted by molar-refractivity contribution is 5.91. The maximum atomic E-state index is 12.0. The van der Waals surface area contributed by atoms with Gasteiger partial charge in [-0.25, -0.2) is 4.79 Å². The Morgan fingerprint density at radius 3 is 2.50 bits per heavy atom. The molecule has 2 aromatic rings. The summed E-state index contributed by atoms with van der Waals surface area (Å²) in [7, 11) is 1.54. The van der Waals surface area contributed by atoms with E-state index in [2.05, 4.69) is 0 Å². The van der Waals surface area contributed by atoms with E-state index in [0.29, 0.717) is 23.6 Å². The molecule has 4 nitrogen and oxygen atoms in total. The lowest BCUT2D eigenvalue weighted by Crippen LogP contribution is -2.09. The van der Waals surface area contributed by atoms with Gasteiger partial charge in [0.15, 0.2) is 11.5 Å². The van der Waals surface area contributed by atoms with E-state index in [9.17, 15) is 4.79 Å². The van der Waals surface area contributed by atoms with E-state index < -0.39 is 5.97 Å². The molecule has 4 heteroatoms. The molecule has 2 aromatic carbocycles. The topological polar surface area (TPSA) is 61.6 Å². The molecule has 0 aromatic heterocycles. The fraction of sp³-hybridized carbons (Fsp3) is 0.188. The number of methoxy groups -OCH3 is 1. The van der Waals surface area contributed by atoms with Gasteiger partial charge in [-0.1, -0.05) is 24.3 Å². The van der Waals surface area contributed by atoms with E-state index in [1.807, 2.05) is 18.2 Å². The van der Waals surface area contributed by atoms with Crippen LogP contribution < -0.4 is 15.2 Å². The molecule has 0 spiro atoms. The van der Waals surface area contributed by atoms with Gasteiger partial charge in [-0.2, -0.15) is 0 Å². The molecule has 0 bridgehead atoms. The summed E-state index contributed by atoms with van der Waals surface area (Å²) in [6.07, 6.45) is 0.753. The normalized spacial score (nSPS) is 10.1. The second kappa shape index (κ2) is 6.73. The number of ether oxygens (including phenoxy) is 2. The van der Waals surface area contributed by atoms with Crippen molar-refractivity contribution in [2.45, 2.75) is 6.42 Å². The van der Waals surface area contributed by atoms with Crippen LogP contribution in [0.2, 0.25) is 0 Å². The zero-order valence-electron chi connectivity index (χ0n) is 11.3. The first kappa shape index (κ1) is 14.1. The molecule has 0 heterocycles. The molecule has 0 aliphatic carbocycles. The number of carbonyl (C=O) groups excluding carboxylic acids is 1. The first-order valence-electron chi connectivity index (χ1n) is 6.39. The third kappa shape index (κ3) is 3.36. The van der Waals surface area contributed by atoms with Crippen LogP contribution in [0.25, 0.3) is 0 Å². The molecule has 104 valence electrons. The summed E-state index contributed by atoms with van der Waals surface area (Å²) >= 11 is 0. The minimum atomic E-state index is -0.407. The largest absolute Gasteiger partial charge is 0.493 e. The Kier molecular flexibility index (Phi) is 4.74. The summed E-state index contributed by atoms with van der Waals surface area (Å²) < 4.78 is 10.6. The number of rotatable bonds is 5. The molecule has 0 saturated carbocycles. The van der Waals surface area contributed by atoms with Crippen molar-refractivity contribution < 1.29 is 14.3 Å². The summed E-state index contributed by atoms with van der Waals surface area (Å²) in [4.78, 5) is 12.0. The van der Waals surface area contributed by atoms with Crippen molar-refractivity contribution in [3.8, 4) is 11.5 Å². The predicted molar refractivity (Wildman–Crippen MR) is 77.2 cm³/mol. The van der Waals surface area contributed by atoms with E-state index in [1.54, 1.807) is 37.4 Å². The van der Waals surface area contributed by atoms with Crippen molar-refractivity contribution >= 4 is 5.97 Å². The lowest BCUT2D eigenvalue weighted by Gasteiger charge is -2.10. The Bertz CT molecular complexity index is 582. The Morgan fingerprint density at radius 1 is 1.10 bits per heavy atom. The summed E-state index contributed by atoms with van der Waals surface area (Å²) in [5.41, 5.74) is 7.07. The number of nitrogens with two attached hydrogens (primary N) is 1. The predicted octanol–water partition coefficient (Wildman–Crippen LogP) is 2.42. The molecule has 2 N–H and O–H groups in total. The van der Waals surface area contributed by atoms with E-state index in [4.69, 9.17) is 15.2 Å². The van der Waals surface area contributed by atoms with Gasteiger partial charge in [0, 0.05) is 0 Å². The van der Waals surface area contributed by atoms with Crippen LogP contribution in [0.5, 0.6) is 11.5 Å². The number of hydrogen-bond acceptors (Lipinski definition) is 4.